The van der Waals surface area contributed by atoms with Gasteiger partial charge in [-0.1, -0.05) is 17.4 Å². The van der Waals surface area contributed by atoms with Gasteiger partial charge in [0.1, 0.15) is 21.9 Å². The molecule has 1 aliphatic heterocycles. The van der Waals surface area contributed by atoms with Gasteiger partial charge in [0.2, 0.25) is 0 Å². The number of benzene rings is 1. The number of fused-ring (bicyclic) bond motifs is 1. The highest BCUT2D eigenvalue weighted by Gasteiger charge is 2.21. The van der Waals surface area contributed by atoms with Crippen molar-refractivity contribution >= 4 is 38.4 Å². The summed E-state index contributed by atoms with van der Waals surface area (Å²) in [6.07, 6.45) is 1.63. The Morgan fingerprint density at radius 2 is 2.19 bits per heavy atom. The highest BCUT2D eigenvalue weighted by atomic mass is 32.1. The normalized spacial score (nSPS) is 14.4. The first-order valence-electron chi connectivity index (χ1n) is 8.39. The summed E-state index contributed by atoms with van der Waals surface area (Å²) in [6, 6.07) is 5.52. The molecule has 3 heterocycles. The lowest BCUT2D eigenvalue weighted by molar-refractivity contribution is 0.102. The number of hydrogen-bond acceptors (Lipinski definition) is 7. The molecule has 0 atom stereocenters. The van der Waals surface area contributed by atoms with Crippen LogP contribution in [0.15, 0.2) is 30.5 Å². The first-order chi connectivity index (χ1) is 13.2. The molecule has 2 aromatic heterocycles. The third-order valence-corrected chi connectivity index (χ3v) is 5.17. The maximum Gasteiger partial charge on any atom is 0.257 e. The number of aromatic nitrogens is 2. The van der Waals surface area contributed by atoms with Crippen molar-refractivity contribution in [3.63, 3.8) is 0 Å². The number of carbonyl (C=O) groups is 1. The van der Waals surface area contributed by atoms with Gasteiger partial charge < -0.3 is 14.4 Å². The Hall–Kier alpha value is -2.78. The Morgan fingerprint density at radius 1 is 1.37 bits per heavy atom. The van der Waals surface area contributed by atoms with Gasteiger partial charge in [0.25, 0.3) is 5.91 Å². The van der Waals surface area contributed by atoms with Gasteiger partial charge in [-0.05, 0) is 18.2 Å². The van der Waals surface area contributed by atoms with E-state index in [4.69, 9.17) is 9.47 Å². The molecule has 27 heavy (non-hydrogen) atoms. The first-order valence-corrected chi connectivity index (χ1v) is 9.20. The summed E-state index contributed by atoms with van der Waals surface area (Å²) >= 11 is 1.31. The Kier molecular flexibility index (Phi) is 4.87. The predicted octanol–water partition coefficient (Wildman–Crippen LogP) is 2.93. The van der Waals surface area contributed by atoms with E-state index in [1.54, 1.807) is 19.4 Å². The van der Waals surface area contributed by atoms with Crippen molar-refractivity contribution in [3.05, 3.63) is 41.8 Å². The number of carbonyl (C=O) groups excluding carboxylic acids is 1. The van der Waals surface area contributed by atoms with Crippen molar-refractivity contribution in [2.24, 2.45) is 0 Å². The number of halogens is 1. The van der Waals surface area contributed by atoms with Crippen LogP contribution in [0, 0.1) is 5.82 Å². The molecule has 0 bridgehead atoms. The summed E-state index contributed by atoms with van der Waals surface area (Å²) in [4.78, 5) is 23.5. The Morgan fingerprint density at radius 3 is 2.93 bits per heavy atom. The van der Waals surface area contributed by atoms with Gasteiger partial charge in [0, 0.05) is 18.7 Å². The molecule has 1 amide bonds. The second-order valence-electron chi connectivity index (χ2n) is 5.91. The molecule has 0 aliphatic carbocycles. The summed E-state index contributed by atoms with van der Waals surface area (Å²) in [7, 11) is 1.55. The van der Waals surface area contributed by atoms with Crippen molar-refractivity contribution in [1.29, 1.82) is 0 Å². The van der Waals surface area contributed by atoms with Gasteiger partial charge in [0.15, 0.2) is 10.9 Å². The third-order valence-electron chi connectivity index (χ3n) is 4.21. The van der Waals surface area contributed by atoms with Gasteiger partial charge in [-0.15, -0.1) is 0 Å². The fraction of sp³-hybridized carbons (Fsp3) is 0.278. The molecular weight excluding hydrogens is 371 g/mol. The first kappa shape index (κ1) is 17.6. The van der Waals surface area contributed by atoms with E-state index in [2.05, 4.69) is 20.2 Å². The van der Waals surface area contributed by atoms with Crippen molar-refractivity contribution in [2.75, 3.05) is 43.6 Å². The standard InChI is InChI=1S/C18H17FN4O3S/c1-25-13-10-20-16(23-5-7-26-8-6-23)15-14(13)21-18(27-15)22-17(24)11-3-2-4-12(19)9-11/h2-4,9-10H,5-8H2,1H3,(H,21,22,24). The topological polar surface area (TPSA) is 76.6 Å². The minimum Gasteiger partial charge on any atom is -0.493 e. The van der Waals surface area contributed by atoms with Crippen LogP contribution in [0.2, 0.25) is 0 Å². The Balaban J connectivity index is 1.68. The number of pyridine rings is 1. The van der Waals surface area contributed by atoms with Crippen molar-refractivity contribution in [3.8, 4) is 5.75 Å². The van der Waals surface area contributed by atoms with E-state index in [-0.39, 0.29) is 5.56 Å². The lowest BCUT2D eigenvalue weighted by atomic mass is 10.2. The van der Waals surface area contributed by atoms with Gasteiger partial charge in [0.05, 0.1) is 26.5 Å². The van der Waals surface area contributed by atoms with Crippen molar-refractivity contribution < 1.29 is 18.7 Å². The largest absolute Gasteiger partial charge is 0.493 e. The lowest BCUT2D eigenvalue weighted by Crippen LogP contribution is -2.36. The van der Waals surface area contributed by atoms with Crippen molar-refractivity contribution in [1.82, 2.24) is 9.97 Å². The van der Waals surface area contributed by atoms with Crippen LogP contribution in [-0.4, -0.2) is 49.3 Å². The molecule has 1 fully saturated rings. The zero-order valence-electron chi connectivity index (χ0n) is 14.6. The smallest absolute Gasteiger partial charge is 0.257 e. The van der Waals surface area contributed by atoms with E-state index in [0.29, 0.717) is 29.6 Å². The fourth-order valence-corrected chi connectivity index (χ4v) is 3.87. The van der Waals surface area contributed by atoms with Crippen LogP contribution >= 0.6 is 11.3 Å². The highest BCUT2D eigenvalue weighted by molar-refractivity contribution is 7.23. The molecule has 1 N–H and O–H groups in total. The van der Waals surface area contributed by atoms with Crippen LogP contribution in [0.1, 0.15) is 10.4 Å². The lowest BCUT2D eigenvalue weighted by Gasteiger charge is -2.28. The molecule has 7 nitrogen and oxygen atoms in total. The molecule has 0 unspecified atom stereocenters. The van der Waals surface area contributed by atoms with E-state index < -0.39 is 11.7 Å². The monoisotopic (exact) mass is 388 g/mol. The number of amides is 1. The summed E-state index contributed by atoms with van der Waals surface area (Å²) < 4.78 is 24.9. The van der Waals surface area contributed by atoms with Crippen LogP contribution < -0.4 is 15.0 Å². The van der Waals surface area contributed by atoms with Crippen LogP contribution in [-0.2, 0) is 4.74 Å². The van der Waals surface area contributed by atoms with Crippen LogP contribution in [0.3, 0.4) is 0 Å². The van der Waals surface area contributed by atoms with E-state index in [0.717, 1.165) is 23.6 Å². The molecule has 9 heteroatoms. The average Bonchev–Trinajstić information content (AvgIpc) is 3.11. The number of ether oxygens (including phenoxy) is 2. The molecule has 1 aliphatic rings. The second-order valence-corrected chi connectivity index (χ2v) is 6.91. The predicted molar refractivity (Wildman–Crippen MR) is 101 cm³/mol. The number of rotatable bonds is 4. The molecule has 4 rings (SSSR count). The zero-order chi connectivity index (χ0) is 18.8. The number of thiazole rings is 1. The molecule has 140 valence electrons. The SMILES string of the molecule is COc1cnc(N2CCOCC2)c2sc(NC(=O)c3cccc(F)c3)nc12. The van der Waals surface area contributed by atoms with Gasteiger partial charge in [-0.2, -0.15) is 0 Å². The molecule has 0 saturated carbocycles. The minimum atomic E-state index is -0.465. The van der Waals surface area contributed by atoms with Gasteiger partial charge in [-0.3, -0.25) is 10.1 Å². The van der Waals surface area contributed by atoms with Crippen LogP contribution in [0.25, 0.3) is 10.2 Å². The molecule has 0 spiro atoms. The quantitative estimate of drug-likeness (QED) is 0.741. The molecule has 1 aromatic carbocycles. The average molecular weight is 388 g/mol. The summed E-state index contributed by atoms with van der Waals surface area (Å²) in [5.74, 6) is 0.434. The molecular formula is C18H17FN4O3S. The molecule has 1 saturated heterocycles. The minimum absolute atomic E-state index is 0.229. The van der Waals surface area contributed by atoms with E-state index in [9.17, 15) is 9.18 Å². The summed E-state index contributed by atoms with van der Waals surface area (Å²) in [6.45, 7) is 2.74. The summed E-state index contributed by atoms with van der Waals surface area (Å²) in [5, 5.41) is 3.13. The van der Waals surface area contributed by atoms with E-state index in [1.807, 2.05) is 0 Å². The number of methoxy groups -OCH3 is 1. The van der Waals surface area contributed by atoms with Crippen molar-refractivity contribution in [2.45, 2.75) is 0 Å². The maximum atomic E-state index is 13.4. The van der Waals surface area contributed by atoms with Gasteiger partial charge >= 0.3 is 0 Å². The van der Waals surface area contributed by atoms with E-state index >= 15 is 0 Å². The number of nitrogens with one attached hydrogen (secondary N) is 1. The maximum absolute atomic E-state index is 13.4. The van der Waals surface area contributed by atoms with E-state index in [1.165, 1.54) is 29.5 Å². The van der Waals surface area contributed by atoms with Gasteiger partial charge in [-0.25, -0.2) is 14.4 Å². The van der Waals surface area contributed by atoms with Crippen LogP contribution in [0.4, 0.5) is 15.3 Å². The highest BCUT2D eigenvalue weighted by Crippen LogP contribution is 2.38. The summed E-state index contributed by atoms with van der Waals surface area (Å²) in [5.41, 5.74) is 0.862. The van der Waals surface area contributed by atoms with Crippen LogP contribution in [0.5, 0.6) is 5.75 Å². The molecule has 0 radical (unpaired) electrons. The fourth-order valence-electron chi connectivity index (χ4n) is 2.88. The number of morpholine rings is 1. The zero-order valence-corrected chi connectivity index (χ0v) is 15.4. The molecule has 3 aromatic rings. The Bertz CT molecular complexity index is 988. The third kappa shape index (κ3) is 3.56. The number of nitrogens with zero attached hydrogens (tertiary/aromatic N) is 3. The number of anilines is 2. The number of hydrogen-bond donors (Lipinski definition) is 1. The Labute approximate surface area is 158 Å². The second kappa shape index (κ2) is 7.45.